The van der Waals surface area contributed by atoms with Gasteiger partial charge in [0, 0.05) is 17.0 Å². The van der Waals surface area contributed by atoms with Gasteiger partial charge in [-0.1, -0.05) is 47.6 Å². The van der Waals surface area contributed by atoms with Gasteiger partial charge in [0.15, 0.2) is 11.5 Å². The minimum absolute atomic E-state index is 0.170. The maximum atomic E-state index is 12.7. The first-order chi connectivity index (χ1) is 14.2. The van der Waals surface area contributed by atoms with Crippen LogP contribution in [-0.2, 0) is 0 Å². The number of H-pyrrole nitrogens is 1. The number of fused-ring (bicyclic) bond motifs is 2. The summed E-state index contributed by atoms with van der Waals surface area (Å²) in [6, 6.07) is 21.5. The summed E-state index contributed by atoms with van der Waals surface area (Å²) < 4.78 is 5.41. The highest BCUT2D eigenvalue weighted by Crippen LogP contribution is 2.26. The molecule has 0 aliphatic rings. The SMILES string of the molecule is C[C@H](NC(=O)c1cc(-c2ccc3[nH]ncc3c2)on1)c1cccc2ccccc12. The molecule has 2 aromatic heterocycles. The van der Waals surface area contributed by atoms with E-state index in [9.17, 15) is 4.79 Å². The van der Waals surface area contributed by atoms with Gasteiger partial charge in [-0.25, -0.2) is 0 Å². The number of aromatic amines is 1. The van der Waals surface area contributed by atoms with Crippen molar-refractivity contribution >= 4 is 27.6 Å². The third kappa shape index (κ3) is 3.14. The Bertz CT molecular complexity index is 1330. The molecule has 0 fully saturated rings. The summed E-state index contributed by atoms with van der Waals surface area (Å²) in [6.45, 7) is 1.97. The molecule has 1 amide bonds. The maximum absolute atomic E-state index is 12.7. The van der Waals surface area contributed by atoms with Crippen molar-refractivity contribution in [2.75, 3.05) is 0 Å². The lowest BCUT2D eigenvalue weighted by Crippen LogP contribution is -2.27. The van der Waals surface area contributed by atoms with Gasteiger partial charge in [0.05, 0.1) is 17.8 Å². The number of carbonyl (C=O) groups is 1. The van der Waals surface area contributed by atoms with E-state index >= 15 is 0 Å². The van der Waals surface area contributed by atoms with Gasteiger partial charge in [-0.3, -0.25) is 9.89 Å². The van der Waals surface area contributed by atoms with Crippen LogP contribution in [0.2, 0.25) is 0 Å². The van der Waals surface area contributed by atoms with E-state index in [1.807, 2.05) is 49.4 Å². The van der Waals surface area contributed by atoms with Crippen LogP contribution >= 0.6 is 0 Å². The van der Waals surface area contributed by atoms with Crippen LogP contribution < -0.4 is 5.32 Å². The van der Waals surface area contributed by atoms with Crippen LogP contribution in [0.15, 0.2) is 77.4 Å². The third-order valence-electron chi connectivity index (χ3n) is 5.10. The van der Waals surface area contributed by atoms with E-state index in [2.05, 4.69) is 38.9 Å². The lowest BCUT2D eigenvalue weighted by atomic mass is 9.99. The van der Waals surface area contributed by atoms with Crippen LogP contribution in [-0.4, -0.2) is 21.3 Å². The molecule has 0 aliphatic carbocycles. The largest absolute Gasteiger partial charge is 0.355 e. The van der Waals surface area contributed by atoms with Crippen molar-refractivity contribution in [1.29, 1.82) is 0 Å². The molecule has 3 aromatic carbocycles. The lowest BCUT2D eigenvalue weighted by Gasteiger charge is -2.15. The zero-order chi connectivity index (χ0) is 19.8. The van der Waals surface area contributed by atoms with Crippen LogP contribution in [0.3, 0.4) is 0 Å². The summed E-state index contributed by atoms with van der Waals surface area (Å²) in [5.41, 5.74) is 3.09. The van der Waals surface area contributed by atoms with Gasteiger partial charge in [-0.15, -0.1) is 0 Å². The number of aromatic nitrogens is 3. The number of nitrogens with zero attached hydrogens (tertiary/aromatic N) is 2. The average Bonchev–Trinajstić information content (AvgIpc) is 3.42. The lowest BCUT2D eigenvalue weighted by molar-refractivity contribution is 0.0931. The summed E-state index contributed by atoms with van der Waals surface area (Å²) in [7, 11) is 0. The Morgan fingerprint density at radius 1 is 1.03 bits per heavy atom. The van der Waals surface area contributed by atoms with Crippen LogP contribution in [0.5, 0.6) is 0 Å². The Morgan fingerprint density at radius 3 is 2.83 bits per heavy atom. The minimum Gasteiger partial charge on any atom is -0.355 e. The van der Waals surface area contributed by atoms with Gasteiger partial charge < -0.3 is 9.84 Å². The van der Waals surface area contributed by atoms with E-state index in [-0.39, 0.29) is 17.6 Å². The standard InChI is InChI=1S/C23H18N4O2/c1-14(18-8-4-6-15-5-2-3-7-19(15)18)25-23(28)21-12-22(29-27-21)16-9-10-20-17(11-16)13-24-26-20/h2-14H,1H3,(H,24,26)(H,25,28)/t14-/m0/s1. The van der Waals surface area contributed by atoms with Crippen molar-refractivity contribution in [2.24, 2.45) is 0 Å². The molecule has 1 atom stereocenters. The fraction of sp³-hybridized carbons (Fsp3) is 0.0870. The van der Waals surface area contributed by atoms with Crippen molar-refractivity contribution < 1.29 is 9.32 Å². The number of hydrogen-bond acceptors (Lipinski definition) is 4. The fourth-order valence-corrected chi connectivity index (χ4v) is 3.59. The van der Waals surface area contributed by atoms with Crippen LogP contribution in [0.1, 0.15) is 29.0 Å². The smallest absolute Gasteiger partial charge is 0.273 e. The van der Waals surface area contributed by atoms with Gasteiger partial charge >= 0.3 is 0 Å². The van der Waals surface area contributed by atoms with Gasteiger partial charge in [-0.2, -0.15) is 5.10 Å². The van der Waals surface area contributed by atoms with Crippen LogP contribution in [0, 0.1) is 0 Å². The Balaban J connectivity index is 1.38. The molecular weight excluding hydrogens is 364 g/mol. The Hall–Kier alpha value is -3.93. The molecule has 0 unspecified atom stereocenters. The first kappa shape index (κ1) is 17.2. The zero-order valence-electron chi connectivity index (χ0n) is 15.7. The highest BCUT2D eigenvalue weighted by Gasteiger charge is 2.18. The van der Waals surface area contributed by atoms with Gasteiger partial charge in [0.25, 0.3) is 5.91 Å². The maximum Gasteiger partial charge on any atom is 0.273 e. The van der Waals surface area contributed by atoms with Gasteiger partial charge in [0.2, 0.25) is 0 Å². The molecule has 0 bridgehead atoms. The van der Waals surface area contributed by atoms with Crippen molar-refractivity contribution in [3.63, 3.8) is 0 Å². The highest BCUT2D eigenvalue weighted by molar-refractivity contribution is 5.94. The van der Waals surface area contributed by atoms with E-state index in [0.29, 0.717) is 5.76 Å². The number of carbonyl (C=O) groups excluding carboxylic acids is 1. The number of nitrogens with one attached hydrogen (secondary N) is 2. The number of hydrogen-bond donors (Lipinski definition) is 2. The molecule has 6 heteroatoms. The molecule has 2 heterocycles. The summed E-state index contributed by atoms with van der Waals surface area (Å²) in [6.07, 6.45) is 1.74. The van der Waals surface area contributed by atoms with Gasteiger partial charge in [0.1, 0.15) is 0 Å². The number of rotatable bonds is 4. The van der Waals surface area contributed by atoms with Crippen LogP contribution in [0.25, 0.3) is 33.0 Å². The van der Waals surface area contributed by atoms with E-state index in [4.69, 9.17) is 4.52 Å². The summed E-state index contributed by atoms with van der Waals surface area (Å²) in [4.78, 5) is 12.7. The van der Waals surface area contributed by atoms with Crippen molar-refractivity contribution in [3.8, 4) is 11.3 Å². The van der Waals surface area contributed by atoms with E-state index in [1.54, 1.807) is 12.3 Å². The van der Waals surface area contributed by atoms with Crippen molar-refractivity contribution in [1.82, 2.24) is 20.7 Å². The third-order valence-corrected chi connectivity index (χ3v) is 5.10. The Morgan fingerprint density at radius 2 is 1.90 bits per heavy atom. The first-order valence-electron chi connectivity index (χ1n) is 9.38. The second-order valence-corrected chi connectivity index (χ2v) is 7.01. The fourth-order valence-electron chi connectivity index (χ4n) is 3.59. The molecule has 0 radical (unpaired) electrons. The topological polar surface area (TPSA) is 83.8 Å². The van der Waals surface area contributed by atoms with Crippen LogP contribution in [0.4, 0.5) is 0 Å². The Kier molecular flexibility index (Phi) is 4.09. The molecule has 142 valence electrons. The quantitative estimate of drug-likeness (QED) is 0.465. The normalized spacial score (nSPS) is 12.3. The van der Waals surface area contributed by atoms with Crippen molar-refractivity contribution in [2.45, 2.75) is 13.0 Å². The van der Waals surface area contributed by atoms with E-state index < -0.39 is 0 Å². The number of benzene rings is 3. The molecule has 5 rings (SSSR count). The highest BCUT2D eigenvalue weighted by atomic mass is 16.5. The molecule has 0 saturated heterocycles. The second kappa shape index (κ2) is 6.91. The first-order valence-corrected chi connectivity index (χ1v) is 9.38. The molecule has 29 heavy (non-hydrogen) atoms. The summed E-state index contributed by atoms with van der Waals surface area (Å²) in [5, 5.41) is 17.1. The summed E-state index contributed by atoms with van der Waals surface area (Å²) in [5.74, 6) is 0.265. The van der Waals surface area contributed by atoms with E-state index in [1.165, 1.54) is 0 Å². The number of amides is 1. The molecule has 5 aromatic rings. The predicted molar refractivity (Wildman–Crippen MR) is 111 cm³/mol. The zero-order valence-corrected chi connectivity index (χ0v) is 15.7. The molecule has 0 spiro atoms. The molecule has 0 saturated carbocycles. The minimum atomic E-state index is -0.273. The molecular formula is C23H18N4O2. The molecule has 6 nitrogen and oxygen atoms in total. The monoisotopic (exact) mass is 382 g/mol. The second-order valence-electron chi connectivity index (χ2n) is 7.01. The average molecular weight is 382 g/mol. The van der Waals surface area contributed by atoms with E-state index in [0.717, 1.165) is 32.8 Å². The predicted octanol–water partition coefficient (Wildman–Crippen LogP) is 4.86. The van der Waals surface area contributed by atoms with Gasteiger partial charge in [-0.05, 0) is 41.5 Å². The summed E-state index contributed by atoms with van der Waals surface area (Å²) >= 11 is 0. The molecule has 2 N–H and O–H groups in total. The van der Waals surface area contributed by atoms with Crippen molar-refractivity contribution in [3.05, 3.63) is 84.2 Å². The Labute approximate surface area is 166 Å². The molecule has 0 aliphatic heterocycles.